The van der Waals surface area contributed by atoms with Gasteiger partial charge in [-0.3, -0.25) is 0 Å². The smallest absolute Gasteiger partial charge is 0.0449 e. The van der Waals surface area contributed by atoms with Crippen LogP contribution in [0.5, 0.6) is 0 Å². The van der Waals surface area contributed by atoms with E-state index in [9.17, 15) is 0 Å². The van der Waals surface area contributed by atoms with Crippen LogP contribution in [0.2, 0.25) is 0 Å². The highest BCUT2D eigenvalue weighted by molar-refractivity contribution is 7.26. The zero-order valence-corrected chi connectivity index (χ0v) is 16.7. The van der Waals surface area contributed by atoms with Crippen LogP contribution in [0.25, 0.3) is 19.5 Å². The maximum atomic E-state index is 2.48. The first kappa shape index (κ1) is 15.2. The molecule has 4 bridgehead atoms. The molecule has 25 heavy (non-hydrogen) atoms. The molecule has 0 unspecified atom stereocenters. The summed E-state index contributed by atoms with van der Waals surface area (Å²) >= 11 is 5.90. The SMILES string of the molecule is c1csc(-c2ccc(-c3ccc(C45CC6CC(CC(C6)C4)C5)s3)s2)c1. The van der Waals surface area contributed by atoms with E-state index < -0.39 is 0 Å². The number of hydrogen-bond acceptors (Lipinski definition) is 3. The average Bonchev–Trinajstić information content (AvgIpc) is 3.34. The Morgan fingerprint density at radius 1 is 0.680 bits per heavy atom. The Kier molecular flexibility index (Phi) is 3.37. The molecule has 4 aliphatic carbocycles. The minimum Gasteiger partial charge on any atom is -0.143 e. The third-order valence-electron chi connectivity index (χ3n) is 6.78. The molecule has 128 valence electrons. The molecule has 3 heterocycles. The molecule has 0 N–H and O–H groups in total. The van der Waals surface area contributed by atoms with Crippen molar-refractivity contribution in [3.8, 4) is 19.5 Å². The van der Waals surface area contributed by atoms with Crippen molar-refractivity contribution >= 4 is 34.0 Å². The molecule has 4 fully saturated rings. The van der Waals surface area contributed by atoms with Crippen molar-refractivity contribution in [2.24, 2.45) is 17.8 Å². The Labute approximate surface area is 161 Å². The maximum absolute atomic E-state index is 2.48. The molecule has 7 rings (SSSR count). The molecular weight excluding hydrogens is 360 g/mol. The van der Waals surface area contributed by atoms with Crippen molar-refractivity contribution in [2.45, 2.75) is 43.9 Å². The summed E-state index contributed by atoms with van der Waals surface area (Å²) in [7, 11) is 0. The lowest BCUT2D eigenvalue weighted by Gasteiger charge is -2.56. The van der Waals surface area contributed by atoms with Gasteiger partial charge in [-0.05, 0) is 92.0 Å². The first-order valence-electron chi connectivity index (χ1n) is 9.52. The minimum atomic E-state index is 0.547. The maximum Gasteiger partial charge on any atom is 0.0449 e. The predicted octanol–water partition coefficient (Wildman–Crippen LogP) is 7.67. The van der Waals surface area contributed by atoms with Crippen molar-refractivity contribution in [1.82, 2.24) is 0 Å². The molecule has 0 saturated heterocycles. The Balaban J connectivity index is 1.33. The number of thiophene rings is 3. The van der Waals surface area contributed by atoms with Crippen LogP contribution in [0.4, 0.5) is 0 Å². The fourth-order valence-corrected chi connectivity index (χ4v) is 9.34. The van der Waals surface area contributed by atoms with E-state index in [1.165, 1.54) is 58.0 Å². The molecule has 4 aliphatic rings. The lowest BCUT2D eigenvalue weighted by molar-refractivity contribution is -0.00346. The van der Waals surface area contributed by atoms with Gasteiger partial charge in [0.1, 0.15) is 0 Å². The van der Waals surface area contributed by atoms with E-state index >= 15 is 0 Å². The fourth-order valence-electron chi connectivity index (χ4n) is 6.19. The predicted molar refractivity (Wildman–Crippen MR) is 111 cm³/mol. The van der Waals surface area contributed by atoms with Gasteiger partial charge >= 0.3 is 0 Å². The topological polar surface area (TPSA) is 0 Å². The van der Waals surface area contributed by atoms with Crippen LogP contribution in [0, 0.1) is 17.8 Å². The molecule has 0 aromatic carbocycles. The van der Waals surface area contributed by atoms with Gasteiger partial charge in [-0.15, -0.1) is 34.0 Å². The van der Waals surface area contributed by atoms with Crippen molar-refractivity contribution in [1.29, 1.82) is 0 Å². The second kappa shape index (κ2) is 5.55. The van der Waals surface area contributed by atoms with Crippen LogP contribution < -0.4 is 0 Å². The van der Waals surface area contributed by atoms with Crippen molar-refractivity contribution in [3.63, 3.8) is 0 Å². The third kappa shape index (κ3) is 2.43. The summed E-state index contributed by atoms with van der Waals surface area (Å²) in [5.74, 6) is 3.09. The van der Waals surface area contributed by atoms with Crippen LogP contribution in [-0.2, 0) is 5.41 Å². The van der Waals surface area contributed by atoms with Gasteiger partial charge in [-0.1, -0.05) is 6.07 Å². The Hall–Kier alpha value is -0.900. The van der Waals surface area contributed by atoms with Gasteiger partial charge < -0.3 is 0 Å². The van der Waals surface area contributed by atoms with Gasteiger partial charge in [-0.25, -0.2) is 0 Å². The van der Waals surface area contributed by atoms with Gasteiger partial charge in [0.15, 0.2) is 0 Å². The molecule has 0 aliphatic heterocycles. The summed E-state index contributed by atoms with van der Waals surface area (Å²) in [6, 6.07) is 13.9. The van der Waals surface area contributed by atoms with Crippen molar-refractivity contribution in [3.05, 3.63) is 46.7 Å². The van der Waals surface area contributed by atoms with Crippen LogP contribution in [0.15, 0.2) is 41.8 Å². The van der Waals surface area contributed by atoms with E-state index in [0.717, 1.165) is 17.8 Å². The lowest BCUT2D eigenvalue weighted by atomic mass is 9.49. The summed E-state index contributed by atoms with van der Waals surface area (Å²) < 4.78 is 0. The normalized spacial score (nSPS) is 33.2. The van der Waals surface area contributed by atoms with Crippen LogP contribution in [0.3, 0.4) is 0 Å². The first-order valence-corrected chi connectivity index (χ1v) is 12.0. The zero-order chi connectivity index (χ0) is 16.4. The summed E-state index contributed by atoms with van der Waals surface area (Å²) in [6.45, 7) is 0. The highest BCUT2D eigenvalue weighted by Gasteiger charge is 2.52. The van der Waals surface area contributed by atoms with Crippen LogP contribution >= 0.6 is 34.0 Å². The summed E-state index contributed by atoms with van der Waals surface area (Å²) in [6.07, 6.45) is 9.03. The Morgan fingerprint density at radius 3 is 1.92 bits per heavy atom. The van der Waals surface area contributed by atoms with Gasteiger partial charge in [-0.2, -0.15) is 0 Å². The Morgan fingerprint density at radius 2 is 1.28 bits per heavy atom. The van der Waals surface area contributed by atoms with Crippen molar-refractivity contribution < 1.29 is 0 Å². The third-order valence-corrected chi connectivity index (χ3v) is 10.5. The Bertz CT molecular complexity index is 860. The van der Waals surface area contributed by atoms with Gasteiger partial charge in [0.25, 0.3) is 0 Å². The molecule has 0 nitrogen and oxygen atoms in total. The second-order valence-corrected chi connectivity index (χ2v) is 11.6. The van der Waals surface area contributed by atoms with E-state index in [0.29, 0.717) is 5.41 Å². The van der Waals surface area contributed by atoms with E-state index in [4.69, 9.17) is 0 Å². The monoisotopic (exact) mass is 382 g/mol. The molecular formula is C22H22S3. The zero-order valence-electron chi connectivity index (χ0n) is 14.2. The first-order chi connectivity index (χ1) is 12.3. The van der Waals surface area contributed by atoms with Gasteiger partial charge in [0, 0.05) is 29.8 Å². The quantitative estimate of drug-likeness (QED) is 0.436. The van der Waals surface area contributed by atoms with E-state index in [1.807, 2.05) is 22.7 Å². The molecule has 0 amide bonds. The van der Waals surface area contributed by atoms with Gasteiger partial charge in [0.05, 0.1) is 0 Å². The molecule has 3 aromatic rings. The molecule has 3 heteroatoms. The summed E-state index contributed by atoms with van der Waals surface area (Å²) in [5.41, 5.74) is 0.547. The second-order valence-electron chi connectivity index (χ2n) is 8.50. The highest BCUT2D eigenvalue weighted by atomic mass is 32.1. The average molecular weight is 383 g/mol. The number of rotatable bonds is 3. The van der Waals surface area contributed by atoms with E-state index in [2.05, 4.69) is 53.1 Å². The summed E-state index contributed by atoms with van der Waals surface area (Å²) in [4.78, 5) is 7.44. The minimum absolute atomic E-state index is 0.547. The molecule has 0 spiro atoms. The standard InChI is InChI=1S/C22H22S3/c1-2-17(23-7-1)18-3-4-19(24-18)20-5-6-21(25-20)22-11-14-8-15(12-22)10-16(9-14)13-22/h1-7,14-16H,8-13H2. The number of hydrogen-bond donors (Lipinski definition) is 0. The van der Waals surface area contributed by atoms with Crippen LogP contribution in [0.1, 0.15) is 43.4 Å². The van der Waals surface area contributed by atoms with E-state index in [-0.39, 0.29) is 0 Å². The van der Waals surface area contributed by atoms with Crippen LogP contribution in [-0.4, -0.2) is 0 Å². The summed E-state index contributed by atoms with van der Waals surface area (Å²) in [5, 5.41) is 2.17. The molecule has 3 aromatic heterocycles. The fraction of sp³-hybridized carbons (Fsp3) is 0.455. The highest BCUT2D eigenvalue weighted by Crippen LogP contribution is 2.62. The molecule has 0 radical (unpaired) electrons. The van der Waals surface area contributed by atoms with Crippen molar-refractivity contribution in [2.75, 3.05) is 0 Å². The molecule has 4 saturated carbocycles. The largest absolute Gasteiger partial charge is 0.143 e. The lowest BCUT2D eigenvalue weighted by Crippen LogP contribution is -2.48. The van der Waals surface area contributed by atoms with E-state index in [1.54, 1.807) is 4.88 Å². The van der Waals surface area contributed by atoms with Gasteiger partial charge in [0.2, 0.25) is 0 Å². The molecule has 0 atom stereocenters.